The molecule has 59 heavy (non-hydrogen) atoms. The van der Waals surface area contributed by atoms with Crippen molar-refractivity contribution in [1.29, 1.82) is 0 Å². The van der Waals surface area contributed by atoms with Gasteiger partial charge in [-0.25, -0.2) is 0 Å². The van der Waals surface area contributed by atoms with Gasteiger partial charge in [-0.05, 0) is 19.3 Å². The molecule has 1 aliphatic rings. The molecule has 7 atom stereocenters. The molecule has 1 rings (SSSR count). The van der Waals surface area contributed by atoms with Crippen LogP contribution in [0.2, 0.25) is 0 Å². The van der Waals surface area contributed by atoms with Gasteiger partial charge in [0, 0.05) is 19.4 Å². The number of unbranched alkanes of at least 4 members (excludes halogenated alkanes) is 22. The van der Waals surface area contributed by atoms with Gasteiger partial charge in [-0.1, -0.05) is 168 Å². The average molecular weight is 844 g/mol. The summed E-state index contributed by atoms with van der Waals surface area (Å²) in [5, 5.41) is 57.7. The number of aliphatic hydroxyl groups is 4. The Balaban J connectivity index is 2.97. The molecule has 0 aromatic rings. The second-order valence-corrected chi connectivity index (χ2v) is 16.8. The summed E-state index contributed by atoms with van der Waals surface area (Å²) >= 11 is 0. The number of carboxylic acids is 1. The predicted octanol–water partition coefficient (Wildman–Crippen LogP) is 6.18. The molecule has 0 saturated carbocycles. The van der Waals surface area contributed by atoms with E-state index in [2.05, 4.69) is 29.8 Å². The Kier molecular flexibility index (Phi) is 32.7. The SMILES string of the molecule is CCCCCCCCCCCCCCC(CCCCCCCCCCCCCC)C(=O)N[C@@H](CO[C@@H]1O[C@@H](CO)[C@H](O)[C@@H](O)[C@H]1O)C(=O)N[C@H](CCC(=O)O)C(=O)NC. The topological polar surface area (TPSA) is 224 Å². The van der Waals surface area contributed by atoms with Gasteiger partial charge in [0.1, 0.15) is 36.5 Å². The Morgan fingerprint density at radius 1 is 0.559 bits per heavy atom. The second kappa shape index (κ2) is 35.3. The minimum Gasteiger partial charge on any atom is -0.481 e. The van der Waals surface area contributed by atoms with Crippen LogP contribution in [-0.2, 0) is 28.7 Å². The van der Waals surface area contributed by atoms with Crippen molar-refractivity contribution in [2.45, 2.75) is 236 Å². The molecular weight excluding hydrogens is 759 g/mol. The number of aliphatic carboxylic acids is 1. The Labute approximate surface area is 355 Å². The minimum atomic E-state index is -1.73. The first-order chi connectivity index (χ1) is 28.5. The molecule has 346 valence electrons. The van der Waals surface area contributed by atoms with Crippen LogP contribution in [0.3, 0.4) is 0 Å². The van der Waals surface area contributed by atoms with E-state index in [-0.39, 0.29) is 18.2 Å². The fourth-order valence-corrected chi connectivity index (χ4v) is 7.72. The Morgan fingerprint density at radius 2 is 0.983 bits per heavy atom. The van der Waals surface area contributed by atoms with E-state index in [0.29, 0.717) is 12.8 Å². The van der Waals surface area contributed by atoms with Gasteiger partial charge in [0.15, 0.2) is 6.29 Å². The first-order valence-electron chi connectivity index (χ1n) is 23.5. The number of ether oxygens (including phenoxy) is 2. The number of carbonyl (C=O) groups is 4. The zero-order chi connectivity index (χ0) is 43.7. The molecule has 1 fully saturated rings. The first kappa shape index (κ1) is 54.7. The summed E-state index contributed by atoms with van der Waals surface area (Å²) in [7, 11) is 1.36. The van der Waals surface area contributed by atoms with Crippen LogP contribution in [0.5, 0.6) is 0 Å². The summed E-state index contributed by atoms with van der Waals surface area (Å²) in [6.45, 7) is 3.23. The lowest BCUT2D eigenvalue weighted by Gasteiger charge is -2.40. The van der Waals surface area contributed by atoms with Gasteiger partial charge >= 0.3 is 5.97 Å². The molecule has 3 amide bonds. The average Bonchev–Trinajstić information content (AvgIpc) is 3.22. The van der Waals surface area contributed by atoms with E-state index in [4.69, 9.17) is 9.47 Å². The molecule has 0 unspecified atom stereocenters. The number of hydrogen-bond donors (Lipinski definition) is 8. The van der Waals surface area contributed by atoms with E-state index < -0.39 is 80.2 Å². The van der Waals surface area contributed by atoms with E-state index in [1.54, 1.807) is 0 Å². The van der Waals surface area contributed by atoms with Crippen LogP contribution < -0.4 is 16.0 Å². The van der Waals surface area contributed by atoms with Crippen molar-refractivity contribution in [1.82, 2.24) is 16.0 Å². The lowest BCUT2D eigenvalue weighted by molar-refractivity contribution is -0.301. The summed E-state index contributed by atoms with van der Waals surface area (Å²) in [6, 6.07) is -2.61. The number of nitrogens with one attached hydrogen (secondary N) is 3. The zero-order valence-corrected chi connectivity index (χ0v) is 37.0. The summed E-state index contributed by atoms with van der Waals surface area (Å²) in [6.07, 6.45) is 21.6. The van der Waals surface area contributed by atoms with E-state index in [1.807, 2.05) is 0 Å². The fraction of sp³-hybridized carbons (Fsp3) is 0.911. The predicted molar refractivity (Wildman–Crippen MR) is 229 cm³/mol. The van der Waals surface area contributed by atoms with Crippen LogP contribution in [0.1, 0.15) is 194 Å². The number of likely N-dealkylation sites (N-methyl/N-ethyl adjacent to an activating group) is 1. The molecule has 0 aliphatic carbocycles. The Morgan fingerprint density at radius 3 is 1.39 bits per heavy atom. The maximum atomic E-state index is 14.0. The molecule has 0 aromatic carbocycles. The van der Waals surface area contributed by atoms with E-state index in [9.17, 15) is 44.7 Å². The zero-order valence-electron chi connectivity index (χ0n) is 37.0. The highest BCUT2D eigenvalue weighted by Crippen LogP contribution is 2.24. The Bertz CT molecular complexity index is 1070. The quantitative estimate of drug-likeness (QED) is 0.0328. The molecule has 14 heteroatoms. The summed E-state index contributed by atoms with van der Waals surface area (Å²) in [4.78, 5) is 51.7. The van der Waals surface area contributed by atoms with Gasteiger partial charge in [0.2, 0.25) is 17.7 Å². The standard InChI is InChI=1S/C45H85N3O11/c1-4-6-8-10-12-14-16-18-20-22-24-26-28-34(29-27-25-23-21-19-17-15-13-11-9-7-5-2)42(55)48-36(44(57)47-35(43(56)46-3)30-31-38(50)51)33-58-45-41(54)40(53)39(52)37(32-49)59-45/h34-37,39-41,45,49,52-54H,4-33H2,1-3H3,(H,46,56)(H,47,57)(H,48,55)(H,50,51)/t35-,36+,37+,39+,40-,41-,45-/m1/s1. The fourth-order valence-electron chi connectivity index (χ4n) is 7.72. The normalized spacial score (nSPS) is 20.3. The van der Waals surface area contributed by atoms with Crippen molar-refractivity contribution >= 4 is 23.7 Å². The van der Waals surface area contributed by atoms with Gasteiger partial charge in [-0.2, -0.15) is 0 Å². The highest BCUT2D eigenvalue weighted by molar-refractivity contribution is 5.92. The van der Waals surface area contributed by atoms with Gasteiger partial charge in [-0.3, -0.25) is 19.2 Å². The monoisotopic (exact) mass is 844 g/mol. The number of carbonyl (C=O) groups excluding carboxylic acids is 3. The van der Waals surface area contributed by atoms with Crippen LogP contribution >= 0.6 is 0 Å². The smallest absolute Gasteiger partial charge is 0.303 e. The summed E-state index contributed by atoms with van der Waals surface area (Å²) in [5.74, 6) is -3.31. The first-order valence-corrected chi connectivity index (χ1v) is 23.5. The summed E-state index contributed by atoms with van der Waals surface area (Å²) < 4.78 is 11.2. The van der Waals surface area contributed by atoms with Crippen LogP contribution in [0.15, 0.2) is 0 Å². The second-order valence-electron chi connectivity index (χ2n) is 16.8. The summed E-state index contributed by atoms with van der Waals surface area (Å²) in [5.41, 5.74) is 0. The molecule has 1 aliphatic heterocycles. The van der Waals surface area contributed by atoms with Crippen molar-refractivity contribution < 1.29 is 54.2 Å². The molecule has 0 radical (unpaired) electrons. The van der Waals surface area contributed by atoms with Gasteiger partial charge in [-0.15, -0.1) is 0 Å². The van der Waals surface area contributed by atoms with E-state index in [1.165, 1.54) is 110 Å². The third kappa shape index (κ3) is 25.2. The maximum absolute atomic E-state index is 14.0. The maximum Gasteiger partial charge on any atom is 0.303 e. The number of rotatable bonds is 38. The van der Waals surface area contributed by atoms with Crippen molar-refractivity contribution in [3.8, 4) is 0 Å². The third-order valence-corrected chi connectivity index (χ3v) is 11.6. The van der Waals surface area contributed by atoms with E-state index >= 15 is 0 Å². The highest BCUT2D eigenvalue weighted by atomic mass is 16.7. The van der Waals surface area contributed by atoms with Gasteiger partial charge in [0.05, 0.1) is 13.2 Å². The molecule has 0 bridgehead atoms. The molecule has 14 nitrogen and oxygen atoms in total. The van der Waals surface area contributed by atoms with Crippen LogP contribution in [0.25, 0.3) is 0 Å². The number of hydrogen-bond acceptors (Lipinski definition) is 10. The van der Waals surface area contributed by atoms with Crippen molar-refractivity contribution in [3.05, 3.63) is 0 Å². The minimum absolute atomic E-state index is 0.199. The van der Waals surface area contributed by atoms with Crippen molar-refractivity contribution in [2.24, 2.45) is 5.92 Å². The Hall–Kier alpha value is -2.36. The molecule has 0 aromatic heterocycles. The third-order valence-electron chi connectivity index (χ3n) is 11.6. The lowest BCUT2D eigenvalue weighted by Crippen LogP contribution is -2.60. The largest absolute Gasteiger partial charge is 0.481 e. The molecule has 8 N–H and O–H groups in total. The number of carboxylic acid groups (broad SMARTS) is 1. The van der Waals surface area contributed by atoms with Crippen LogP contribution in [0, 0.1) is 5.92 Å². The highest BCUT2D eigenvalue weighted by Gasteiger charge is 2.44. The van der Waals surface area contributed by atoms with Crippen molar-refractivity contribution in [3.63, 3.8) is 0 Å². The molecule has 1 heterocycles. The molecule has 1 saturated heterocycles. The van der Waals surface area contributed by atoms with E-state index in [0.717, 1.165) is 51.4 Å². The number of aliphatic hydroxyl groups excluding tert-OH is 4. The van der Waals surface area contributed by atoms with Crippen LogP contribution in [-0.4, -0.2) is 112 Å². The lowest BCUT2D eigenvalue weighted by atomic mass is 9.92. The number of amides is 3. The van der Waals surface area contributed by atoms with Crippen LogP contribution in [0.4, 0.5) is 0 Å². The molecule has 0 spiro atoms. The van der Waals surface area contributed by atoms with Gasteiger partial charge < -0.3 is 51.0 Å². The molecular formula is C45H85N3O11. The van der Waals surface area contributed by atoms with Crippen molar-refractivity contribution in [2.75, 3.05) is 20.3 Å². The van der Waals surface area contributed by atoms with Gasteiger partial charge in [0.25, 0.3) is 0 Å².